The fraction of sp³-hybridized carbons (Fsp3) is 0.500. The summed E-state index contributed by atoms with van der Waals surface area (Å²) in [6, 6.07) is 7.50. The zero-order chi connectivity index (χ0) is 12.5. The molecule has 94 valence electrons. The molecule has 1 aliphatic rings. The van der Waals surface area contributed by atoms with Gasteiger partial charge in [0.1, 0.15) is 5.75 Å². The van der Waals surface area contributed by atoms with Crippen LogP contribution < -0.4 is 4.74 Å². The van der Waals surface area contributed by atoms with Gasteiger partial charge in [-0.25, -0.2) is 8.42 Å². The van der Waals surface area contributed by atoms with Crippen LogP contribution in [0.3, 0.4) is 0 Å². The largest absolute Gasteiger partial charge is 0.497 e. The maximum Gasteiger partial charge on any atom is 0.217 e. The van der Waals surface area contributed by atoms with Gasteiger partial charge in [-0.3, -0.25) is 0 Å². The first-order valence-electron chi connectivity index (χ1n) is 5.66. The molecule has 1 heterocycles. The maximum atomic E-state index is 11.9. The maximum absolute atomic E-state index is 11.9. The summed E-state index contributed by atoms with van der Waals surface area (Å²) in [5.41, 5.74) is 0.989. The molecule has 1 aromatic carbocycles. The Kier molecular flexibility index (Phi) is 3.40. The Labute approximate surface area is 102 Å². The van der Waals surface area contributed by atoms with E-state index in [1.54, 1.807) is 18.3 Å². The predicted molar refractivity (Wildman–Crippen MR) is 66.4 cm³/mol. The summed E-state index contributed by atoms with van der Waals surface area (Å²) in [6.07, 6.45) is 0.721. The van der Waals surface area contributed by atoms with Crippen LogP contribution in [0.1, 0.15) is 18.9 Å². The van der Waals surface area contributed by atoms with Crippen LogP contribution in [0, 0.1) is 0 Å². The SMILES string of the molecule is COc1ccc(CN2CCC(C)S2(=O)=O)cc1. The van der Waals surface area contributed by atoms with Crippen molar-refractivity contribution in [2.45, 2.75) is 25.1 Å². The minimum Gasteiger partial charge on any atom is -0.497 e. The van der Waals surface area contributed by atoms with Crippen LogP contribution in [0.5, 0.6) is 5.75 Å². The van der Waals surface area contributed by atoms with Gasteiger partial charge in [0.2, 0.25) is 10.0 Å². The third kappa shape index (κ3) is 2.45. The van der Waals surface area contributed by atoms with E-state index >= 15 is 0 Å². The Morgan fingerprint density at radius 3 is 2.47 bits per heavy atom. The van der Waals surface area contributed by atoms with Gasteiger partial charge in [0, 0.05) is 13.1 Å². The van der Waals surface area contributed by atoms with Crippen molar-refractivity contribution in [2.24, 2.45) is 0 Å². The minimum absolute atomic E-state index is 0.249. The average Bonchev–Trinajstić information content (AvgIpc) is 2.57. The fourth-order valence-corrected chi connectivity index (χ4v) is 3.56. The van der Waals surface area contributed by atoms with Crippen LogP contribution in [-0.2, 0) is 16.6 Å². The lowest BCUT2D eigenvalue weighted by atomic mass is 10.2. The van der Waals surface area contributed by atoms with Crippen molar-refractivity contribution in [1.82, 2.24) is 4.31 Å². The van der Waals surface area contributed by atoms with E-state index in [0.29, 0.717) is 13.1 Å². The molecular weight excluding hydrogens is 238 g/mol. The Morgan fingerprint density at radius 2 is 2.00 bits per heavy atom. The highest BCUT2D eigenvalue weighted by atomic mass is 32.2. The molecule has 0 amide bonds. The van der Waals surface area contributed by atoms with E-state index in [1.165, 1.54) is 0 Å². The van der Waals surface area contributed by atoms with Crippen molar-refractivity contribution >= 4 is 10.0 Å². The first-order valence-corrected chi connectivity index (χ1v) is 7.16. The summed E-state index contributed by atoms with van der Waals surface area (Å²) in [6.45, 7) is 2.84. The van der Waals surface area contributed by atoms with Gasteiger partial charge >= 0.3 is 0 Å². The Bertz CT molecular complexity index is 481. The molecule has 0 bridgehead atoms. The van der Waals surface area contributed by atoms with Gasteiger partial charge in [-0.2, -0.15) is 4.31 Å². The molecule has 0 saturated carbocycles. The standard InChI is InChI=1S/C12H17NO3S/c1-10-7-8-13(17(10,14)15)9-11-3-5-12(16-2)6-4-11/h3-6,10H,7-9H2,1-2H3. The lowest BCUT2D eigenvalue weighted by Gasteiger charge is -2.15. The fourth-order valence-electron chi connectivity index (χ4n) is 1.96. The zero-order valence-electron chi connectivity index (χ0n) is 10.1. The molecule has 17 heavy (non-hydrogen) atoms. The van der Waals surface area contributed by atoms with Crippen LogP contribution in [-0.4, -0.2) is 31.6 Å². The molecule has 1 saturated heterocycles. The second-order valence-corrected chi connectivity index (χ2v) is 6.68. The van der Waals surface area contributed by atoms with E-state index in [9.17, 15) is 8.42 Å². The molecule has 0 aliphatic carbocycles. The highest BCUT2D eigenvalue weighted by Crippen LogP contribution is 2.24. The summed E-state index contributed by atoms with van der Waals surface area (Å²) in [7, 11) is -1.46. The molecule has 0 spiro atoms. The summed E-state index contributed by atoms with van der Waals surface area (Å²) < 4.78 is 30.5. The normalized spacial score (nSPS) is 23.8. The van der Waals surface area contributed by atoms with Crippen molar-refractivity contribution in [3.63, 3.8) is 0 Å². The summed E-state index contributed by atoms with van der Waals surface area (Å²) >= 11 is 0. The van der Waals surface area contributed by atoms with Crippen LogP contribution >= 0.6 is 0 Å². The van der Waals surface area contributed by atoms with Gasteiger partial charge in [-0.15, -0.1) is 0 Å². The Balaban J connectivity index is 2.11. The summed E-state index contributed by atoms with van der Waals surface area (Å²) in [4.78, 5) is 0. The number of ether oxygens (including phenoxy) is 1. The molecule has 1 atom stereocenters. The van der Waals surface area contributed by atoms with E-state index in [2.05, 4.69) is 0 Å². The topological polar surface area (TPSA) is 46.6 Å². The van der Waals surface area contributed by atoms with E-state index in [-0.39, 0.29) is 5.25 Å². The molecule has 0 N–H and O–H groups in total. The molecule has 1 unspecified atom stereocenters. The smallest absolute Gasteiger partial charge is 0.217 e. The number of sulfonamides is 1. The van der Waals surface area contributed by atoms with Crippen molar-refractivity contribution in [1.29, 1.82) is 0 Å². The average molecular weight is 255 g/mol. The number of benzene rings is 1. The lowest BCUT2D eigenvalue weighted by molar-refractivity contribution is 0.413. The molecule has 4 nitrogen and oxygen atoms in total. The number of hydrogen-bond acceptors (Lipinski definition) is 3. The van der Waals surface area contributed by atoms with Gasteiger partial charge in [-0.05, 0) is 31.0 Å². The predicted octanol–water partition coefficient (Wildman–Crippen LogP) is 1.62. The molecule has 0 aromatic heterocycles. The van der Waals surface area contributed by atoms with Gasteiger partial charge in [-0.1, -0.05) is 12.1 Å². The highest BCUT2D eigenvalue weighted by molar-refractivity contribution is 7.89. The van der Waals surface area contributed by atoms with Crippen LogP contribution in [0.4, 0.5) is 0 Å². The third-order valence-corrected chi connectivity index (χ3v) is 5.46. The van der Waals surface area contributed by atoms with Gasteiger partial charge in [0.05, 0.1) is 12.4 Å². The van der Waals surface area contributed by atoms with Crippen molar-refractivity contribution in [3.8, 4) is 5.75 Å². The monoisotopic (exact) mass is 255 g/mol. The van der Waals surface area contributed by atoms with Crippen LogP contribution in [0.2, 0.25) is 0 Å². The quantitative estimate of drug-likeness (QED) is 0.824. The van der Waals surface area contributed by atoms with Gasteiger partial charge in [0.15, 0.2) is 0 Å². The van der Waals surface area contributed by atoms with E-state index < -0.39 is 10.0 Å². The van der Waals surface area contributed by atoms with Crippen molar-refractivity contribution < 1.29 is 13.2 Å². The number of rotatable bonds is 3. The zero-order valence-corrected chi connectivity index (χ0v) is 10.9. The van der Waals surface area contributed by atoms with E-state index in [1.807, 2.05) is 24.3 Å². The van der Waals surface area contributed by atoms with E-state index in [0.717, 1.165) is 17.7 Å². The number of methoxy groups -OCH3 is 1. The summed E-state index contributed by atoms with van der Waals surface area (Å²) in [5, 5.41) is -0.249. The van der Waals surface area contributed by atoms with Crippen molar-refractivity contribution in [3.05, 3.63) is 29.8 Å². The molecule has 0 radical (unpaired) electrons. The highest BCUT2D eigenvalue weighted by Gasteiger charge is 2.35. The molecule has 2 rings (SSSR count). The van der Waals surface area contributed by atoms with Crippen molar-refractivity contribution in [2.75, 3.05) is 13.7 Å². The molecule has 1 fully saturated rings. The minimum atomic E-state index is -3.08. The first-order chi connectivity index (χ1) is 8.04. The number of nitrogens with zero attached hydrogens (tertiary/aromatic N) is 1. The second kappa shape index (κ2) is 4.66. The second-order valence-electron chi connectivity index (χ2n) is 4.33. The number of hydrogen-bond donors (Lipinski definition) is 0. The van der Waals surface area contributed by atoms with Crippen LogP contribution in [0.25, 0.3) is 0 Å². The Hall–Kier alpha value is -1.07. The molecular formula is C12H17NO3S. The molecule has 5 heteroatoms. The summed E-state index contributed by atoms with van der Waals surface area (Å²) in [5.74, 6) is 0.784. The third-order valence-electron chi connectivity index (χ3n) is 3.17. The Morgan fingerprint density at radius 1 is 1.35 bits per heavy atom. The van der Waals surface area contributed by atoms with Gasteiger partial charge < -0.3 is 4.74 Å². The molecule has 1 aliphatic heterocycles. The van der Waals surface area contributed by atoms with E-state index in [4.69, 9.17) is 4.74 Å². The molecule has 1 aromatic rings. The van der Waals surface area contributed by atoms with Gasteiger partial charge in [0.25, 0.3) is 0 Å². The first kappa shape index (κ1) is 12.4. The lowest BCUT2D eigenvalue weighted by Crippen LogP contribution is -2.27. The van der Waals surface area contributed by atoms with Crippen LogP contribution in [0.15, 0.2) is 24.3 Å².